The van der Waals surface area contributed by atoms with Gasteiger partial charge in [-0.1, -0.05) is 0 Å². The number of nitrogens with zero attached hydrogens (tertiary/aromatic N) is 3. The Morgan fingerprint density at radius 2 is 2.05 bits per heavy atom. The number of nitrogens with one attached hydrogen (secondary N) is 1. The number of aliphatic imine (C=N–C) groups is 1. The summed E-state index contributed by atoms with van der Waals surface area (Å²) in [6.45, 7) is 9.01. The minimum atomic E-state index is 0. The van der Waals surface area contributed by atoms with E-state index in [4.69, 9.17) is 4.99 Å². The van der Waals surface area contributed by atoms with Crippen molar-refractivity contribution in [3.8, 4) is 0 Å². The zero-order valence-corrected chi connectivity index (χ0v) is 16.7. The van der Waals surface area contributed by atoms with Crippen molar-refractivity contribution in [3.63, 3.8) is 0 Å². The molecular formula is C15H31IN4S. The van der Waals surface area contributed by atoms with Crippen LogP contribution in [-0.4, -0.2) is 73.1 Å². The van der Waals surface area contributed by atoms with Crippen LogP contribution in [0.15, 0.2) is 4.99 Å². The first kappa shape index (κ1) is 19.4. The highest BCUT2D eigenvalue weighted by molar-refractivity contribution is 14.0. The summed E-state index contributed by atoms with van der Waals surface area (Å²) in [4.78, 5) is 9.94. The fourth-order valence-corrected chi connectivity index (χ4v) is 3.58. The molecule has 0 aromatic rings. The molecule has 124 valence electrons. The van der Waals surface area contributed by atoms with Gasteiger partial charge in [0.15, 0.2) is 5.96 Å². The van der Waals surface area contributed by atoms with E-state index in [9.17, 15) is 0 Å². The lowest BCUT2D eigenvalue weighted by atomic mass is 10.2. The molecule has 0 amide bonds. The van der Waals surface area contributed by atoms with Crippen molar-refractivity contribution < 1.29 is 0 Å². The Hall–Kier alpha value is 0.310. The molecule has 0 bridgehead atoms. The van der Waals surface area contributed by atoms with E-state index in [-0.39, 0.29) is 24.0 Å². The second-order valence-corrected chi connectivity index (χ2v) is 6.70. The van der Waals surface area contributed by atoms with E-state index in [1.165, 1.54) is 44.5 Å². The zero-order valence-electron chi connectivity index (χ0n) is 13.5. The van der Waals surface area contributed by atoms with Crippen molar-refractivity contribution in [2.24, 2.45) is 4.99 Å². The number of likely N-dealkylation sites (tertiary alicyclic amines) is 2. The topological polar surface area (TPSA) is 30.9 Å². The number of thioether (sulfide) groups is 1. The molecule has 0 radical (unpaired) electrons. The van der Waals surface area contributed by atoms with Crippen LogP contribution in [0.3, 0.4) is 0 Å². The van der Waals surface area contributed by atoms with Gasteiger partial charge in [0.25, 0.3) is 0 Å². The van der Waals surface area contributed by atoms with Crippen LogP contribution in [0.25, 0.3) is 0 Å². The molecule has 0 aromatic heterocycles. The van der Waals surface area contributed by atoms with Gasteiger partial charge in [0.05, 0.1) is 0 Å². The average molecular weight is 426 g/mol. The second kappa shape index (κ2) is 10.9. The SMILES string of the molecule is CCNC(=NCCCSC)N1CCC(N2CCCC2)C1.I. The van der Waals surface area contributed by atoms with Crippen LogP contribution in [0.2, 0.25) is 0 Å². The molecule has 2 saturated heterocycles. The molecular weight excluding hydrogens is 395 g/mol. The smallest absolute Gasteiger partial charge is 0.193 e. The highest BCUT2D eigenvalue weighted by Crippen LogP contribution is 2.20. The Morgan fingerprint density at radius 1 is 1.29 bits per heavy atom. The van der Waals surface area contributed by atoms with Crippen LogP contribution in [0.5, 0.6) is 0 Å². The molecule has 2 heterocycles. The van der Waals surface area contributed by atoms with Gasteiger partial charge in [0.2, 0.25) is 0 Å². The number of hydrogen-bond donors (Lipinski definition) is 1. The number of guanidine groups is 1. The molecule has 2 aliphatic rings. The van der Waals surface area contributed by atoms with E-state index >= 15 is 0 Å². The maximum Gasteiger partial charge on any atom is 0.193 e. The third kappa shape index (κ3) is 6.14. The summed E-state index contributed by atoms with van der Waals surface area (Å²) in [5.74, 6) is 2.34. The lowest BCUT2D eigenvalue weighted by Crippen LogP contribution is -2.42. The van der Waals surface area contributed by atoms with E-state index < -0.39 is 0 Å². The van der Waals surface area contributed by atoms with Gasteiger partial charge in [-0.15, -0.1) is 24.0 Å². The Kier molecular flexibility index (Phi) is 10.1. The number of halogens is 1. The largest absolute Gasteiger partial charge is 0.357 e. The van der Waals surface area contributed by atoms with Crippen LogP contribution < -0.4 is 5.32 Å². The normalized spacial score (nSPS) is 23.4. The lowest BCUT2D eigenvalue weighted by molar-refractivity contribution is 0.249. The summed E-state index contributed by atoms with van der Waals surface area (Å²) in [6, 6.07) is 0.757. The quantitative estimate of drug-likeness (QED) is 0.306. The van der Waals surface area contributed by atoms with Crippen molar-refractivity contribution in [2.75, 3.05) is 51.3 Å². The lowest BCUT2D eigenvalue weighted by Gasteiger charge is -2.25. The maximum atomic E-state index is 4.79. The molecule has 0 aromatic carbocycles. The Bertz CT molecular complexity index is 308. The molecule has 2 aliphatic heterocycles. The van der Waals surface area contributed by atoms with Crippen LogP contribution in [-0.2, 0) is 0 Å². The van der Waals surface area contributed by atoms with Gasteiger partial charge in [0.1, 0.15) is 0 Å². The van der Waals surface area contributed by atoms with Gasteiger partial charge >= 0.3 is 0 Å². The average Bonchev–Trinajstić information content (AvgIpc) is 3.12. The fraction of sp³-hybridized carbons (Fsp3) is 0.933. The molecule has 1 N–H and O–H groups in total. The molecule has 0 spiro atoms. The molecule has 1 unspecified atom stereocenters. The van der Waals surface area contributed by atoms with Gasteiger partial charge in [0, 0.05) is 32.2 Å². The summed E-state index contributed by atoms with van der Waals surface area (Å²) < 4.78 is 0. The van der Waals surface area contributed by atoms with Crippen molar-refractivity contribution in [3.05, 3.63) is 0 Å². The summed E-state index contributed by atoms with van der Waals surface area (Å²) in [6.07, 6.45) is 7.42. The minimum absolute atomic E-state index is 0. The van der Waals surface area contributed by atoms with Crippen LogP contribution in [0, 0.1) is 0 Å². The van der Waals surface area contributed by atoms with E-state index in [0.29, 0.717) is 0 Å². The monoisotopic (exact) mass is 426 g/mol. The predicted molar refractivity (Wildman–Crippen MR) is 105 cm³/mol. The van der Waals surface area contributed by atoms with E-state index in [1.54, 1.807) is 0 Å². The molecule has 6 heteroatoms. The summed E-state index contributed by atoms with van der Waals surface area (Å²) in [7, 11) is 0. The molecule has 1 atom stereocenters. The fourth-order valence-electron chi connectivity index (χ4n) is 3.16. The second-order valence-electron chi connectivity index (χ2n) is 5.71. The van der Waals surface area contributed by atoms with Gasteiger partial charge in [-0.2, -0.15) is 11.8 Å². The first-order chi connectivity index (χ1) is 9.85. The standard InChI is InChI=1S/C15H30N4S.HI/c1-3-16-15(17-8-6-12-20-2)19-11-7-14(13-19)18-9-4-5-10-18;/h14H,3-13H2,1-2H3,(H,16,17);1H. The summed E-state index contributed by atoms with van der Waals surface area (Å²) in [5, 5.41) is 3.46. The van der Waals surface area contributed by atoms with E-state index in [0.717, 1.165) is 38.2 Å². The van der Waals surface area contributed by atoms with Crippen molar-refractivity contribution in [1.82, 2.24) is 15.1 Å². The Balaban J connectivity index is 0.00000220. The highest BCUT2D eigenvalue weighted by atomic mass is 127. The van der Waals surface area contributed by atoms with Gasteiger partial charge in [-0.25, -0.2) is 0 Å². The van der Waals surface area contributed by atoms with Crippen molar-refractivity contribution >= 4 is 41.7 Å². The highest BCUT2D eigenvalue weighted by Gasteiger charge is 2.30. The molecule has 0 saturated carbocycles. The molecule has 0 aliphatic carbocycles. The molecule has 2 fully saturated rings. The van der Waals surface area contributed by atoms with Crippen LogP contribution in [0.4, 0.5) is 0 Å². The molecule has 2 rings (SSSR count). The summed E-state index contributed by atoms with van der Waals surface area (Å²) >= 11 is 1.91. The zero-order chi connectivity index (χ0) is 14.2. The van der Waals surface area contributed by atoms with Crippen molar-refractivity contribution in [2.45, 2.75) is 38.6 Å². The number of rotatable bonds is 6. The van der Waals surface area contributed by atoms with Gasteiger partial charge in [-0.3, -0.25) is 9.89 Å². The first-order valence-electron chi connectivity index (χ1n) is 8.11. The molecule has 21 heavy (non-hydrogen) atoms. The Labute approximate surface area is 151 Å². The van der Waals surface area contributed by atoms with Crippen molar-refractivity contribution in [1.29, 1.82) is 0 Å². The predicted octanol–water partition coefficient (Wildman–Crippen LogP) is 2.49. The Morgan fingerprint density at radius 3 is 2.71 bits per heavy atom. The minimum Gasteiger partial charge on any atom is -0.357 e. The van der Waals surface area contributed by atoms with Gasteiger partial charge < -0.3 is 10.2 Å². The third-order valence-corrected chi connectivity index (χ3v) is 4.92. The van der Waals surface area contributed by atoms with E-state index in [1.807, 2.05) is 11.8 Å². The van der Waals surface area contributed by atoms with E-state index in [2.05, 4.69) is 28.3 Å². The first-order valence-corrected chi connectivity index (χ1v) is 9.50. The summed E-state index contributed by atoms with van der Waals surface area (Å²) in [5.41, 5.74) is 0. The van der Waals surface area contributed by atoms with Crippen LogP contribution in [0.1, 0.15) is 32.6 Å². The van der Waals surface area contributed by atoms with Crippen LogP contribution >= 0.6 is 35.7 Å². The molecule has 4 nitrogen and oxygen atoms in total. The van der Waals surface area contributed by atoms with Gasteiger partial charge in [-0.05, 0) is 57.7 Å². The number of hydrogen-bond acceptors (Lipinski definition) is 3. The third-order valence-electron chi connectivity index (χ3n) is 4.22. The maximum absolute atomic E-state index is 4.79.